The Balaban J connectivity index is 2.32. The van der Waals surface area contributed by atoms with Crippen LogP contribution in [0.15, 0.2) is 47.5 Å². The molecular formula is C12H12N4O4S. The molecule has 8 nitrogen and oxygen atoms in total. The Kier molecular flexibility index (Phi) is 4.03. The highest BCUT2D eigenvalue weighted by atomic mass is 32.2. The lowest BCUT2D eigenvalue weighted by Crippen LogP contribution is -2.13. The number of nitrogens with zero attached hydrogens (tertiary/aromatic N) is 2. The monoisotopic (exact) mass is 308 g/mol. The number of pyridine rings is 1. The molecule has 0 saturated heterocycles. The van der Waals surface area contributed by atoms with Gasteiger partial charge in [0.1, 0.15) is 5.82 Å². The second-order valence-corrected chi connectivity index (χ2v) is 5.72. The number of nitro groups is 1. The van der Waals surface area contributed by atoms with E-state index in [4.69, 9.17) is 0 Å². The number of rotatable bonds is 5. The molecule has 0 spiro atoms. The van der Waals surface area contributed by atoms with Crippen molar-refractivity contribution in [2.45, 2.75) is 4.90 Å². The number of nitro benzene ring substituents is 1. The Morgan fingerprint density at radius 2 is 2.00 bits per heavy atom. The molecule has 9 heteroatoms. The second-order valence-electron chi connectivity index (χ2n) is 4.04. The van der Waals surface area contributed by atoms with Gasteiger partial charge in [0.05, 0.1) is 15.5 Å². The molecule has 0 bridgehead atoms. The predicted molar refractivity (Wildman–Crippen MR) is 77.7 cm³/mol. The average Bonchev–Trinajstić information content (AvgIpc) is 2.47. The first-order chi connectivity index (χ1) is 9.92. The van der Waals surface area contributed by atoms with Crippen molar-refractivity contribution in [1.82, 2.24) is 4.98 Å². The highest BCUT2D eigenvalue weighted by molar-refractivity contribution is 7.92. The fourth-order valence-corrected chi connectivity index (χ4v) is 2.67. The number of sulfonamides is 1. The molecule has 0 fully saturated rings. The molecule has 0 radical (unpaired) electrons. The molecule has 1 aromatic carbocycles. The van der Waals surface area contributed by atoms with Gasteiger partial charge in [0.15, 0.2) is 0 Å². The maximum atomic E-state index is 12.2. The third-order valence-electron chi connectivity index (χ3n) is 2.61. The maximum Gasteiger partial charge on any atom is 0.271 e. The van der Waals surface area contributed by atoms with E-state index in [2.05, 4.69) is 15.0 Å². The van der Waals surface area contributed by atoms with Crippen LogP contribution in [0.3, 0.4) is 0 Å². The fraction of sp³-hybridized carbons (Fsp3) is 0.0833. The molecule has 110 valence electrons. The Bertz CT molecular complexity index is 776. The van der Waals surface area contributed by atoms with E-state index in [0.717, 1.165) is 6.07 Å². The molecule has 0 amide bonds. The van der Waals surface area contributed by atoms with E-state index in [1.165, 1.54) is 36.5 Å². The Labute approximate surface area is 121 Å². The number of nitrogens with one attached hydrogen (secondary N) is 2. The highest BCUT2D eigenvalue weighted by Gasteiger charge is 2.16. The number of non-ortho nitro benzene ring substituents is 1. The molecule has 0 aliphatic rings. The molecule has 0 saturated carbocycles. The van der Waals surface area contributed by atoms with Crippen LogP contribution in [-0.4, -0.2) is 25.4 Å². The topological polar surface area (TPSA) is 114 Å². The highest BCUT2D eigenvalue weighted by Crippen LogP contribution is 2.21. The van der Waals surface area contributed by atoms with Crippen molar-refractivity contribution in [3.8, 4) is 0 Å². The lowest BCUT2D eigenvalue weighted by Gasteiger charge is -2.08. The standard InChI is InChI=1S/C12H12N4O4S/c1-13-12-8-11(5-6-14-12)21(19,20)15-9-3-2-4-10(7-9)16(17)18/h2-8,15H,1H3,(H,13,14). The minimum absolute atomic E-state index is 0.00774. The van der Waals surface area contributed by atoms with Crippen LogP contribution in [0, 0.1) is 10.1 Å². The van der Waals surface area contributed by atoms with Crippen LogP contribution in [0.25, 0.3) is 0 Å². The van der Waals surface area contributed by atoms with E-state index in [1.807, 2.05) is 0 Å². The van der Waals surface area contributed by atoms with Crippen LogP contribution in [0.2, 0.25) is 0 Å². The normalized spacial score (nSPS) is 10.9. The number of hydrogen-bond donors (Lipinski definition) is 2. The van der Waals surface area contributed by atoms with Crippen molar-refractivity contribution in [2.24, 2.45) is 0 Å². The van der Waals surface area contributed by atoms with Crippen molar-refractivity contribution in [3.05, 3.63) is 52.7 Å². The molecule has 2 rings (SSSR count). The van der Waals surface area contributed by atoms with Gasteiger partial charge in [-0.1, -0.05) is 6.07 Å². The van der Waals surface area contributed by atoms with Gasteiger partial charge in [-0.15, -0.1) is 0 Å². The van der Waals surface area contributed by atoms with E-state index in [0.29, 0.717) is 5.82 Å². The zero-order chi connectivity index (χ0) is 15.5. The van der Waals surface area contributed by atoms with Crippen LogP contribution in [0.1, 0.15) is 0 Å². The largest absolute Gasteiger partial charge is 0.373 e. The summed E-state index contributed by atoms with van der Waals surface area (Å²) < 4.78 is 26.7. The van der Waals surface area contributed by atoms with Crippen LogP contribution in [-0.2, 0) is 10.0 Å². The molecular weight excluding hydrogens is 296 g/mol. The lowest BCUT2D eigenvalue weighted by atomic mass is 10.3. The van der Waals surface area contributed by atoms with Crippen LogP contribution in [0.5, 0.6) is 0 Å². The van der Waals surface area contributed by atoms with Gasteiger partial charge in [0, 0.05) is 31.4 Å². The maximum absolute atomic E-state index is 12.2. The first kappa shape index (κ1) is 14.7. The first-order valence-corrected chi connectivity index (χ1v) is 7.32. The summed E-state index contributed by atoms with van der Waals surface area (Å²) in [6.07, 6.45) is 1.36. The average molecular weight is 308 g/mol. The summed E-state index contributed by atoms with van der Waals surface area (Å²) in [5.41, 5.74) is -0.0761. The summed E-state index contributed by atoms with van der Waals surface area (Å²) in [4.78, 5) is 14.0. The molecule has 0 atom stereocenters. The van der Waals surface area contributed by atoms with Crippen molar-refractivity contribution in [2.75, 3.05) is 17.1 Å². The summed E-state index contributed by atoms with van der Waals surface area (Å²) in [6, 6.07) is 7.97. The van der Waals surface area contributed by atoms with Gasteiger partial charge in [-0.25, -0.2) is 13.4 Å². The van der Waals surface area contributed by atoms with Gasteiger partial charge in [-0.2, -0.15) is 0 Å². The summed E-state index contributed by atoms with van der Waals surface area (Å²) in [5, 5.41) is 13.4. The van der Waals surface area contributed by atoms with Crippen LogP contribution in [0.4, 0.5) is 17.2 Å². The summed E-state index contributed by atoms with van der Waals surface area (Å²) in [7, 11) is -2.22. The van der Waals surface area contributed by atoms with Crippen molar-refractivity contribution < 1.29 is 13.3 Å². The van der Waals surface area contributed by atoms with E-state index in [1.54, 1.807) is 7.05 Å². The predicted octanol–water partition coefficient (Wildman–Crippen LogP) is 1.83. The minimum atomic E-state index is -3.84. The molecule has 2 N–H and O–H groups in total. The van der Waals surface area contributed by atoms with Crippen LogP contribution < -0.4 is 10.0 Å². The summed E-state index contributed by atoms with van der Waals surface area (Å²) in [5.74, 6) is 0.400. The fourth-order valence-electron chi connectivity index (χ4n) is 1.61. The number of anilines is 2. The zero-order valence-corrected chi connectivity index (χ0v) is 11.8. The van der Waals surface area contributed by atoms with Gasteiger partial charge in [-0.05, 0) is 12.1 Å². The number of aromatic nitrogens is 1. The summed E-state index contributed by atoms with van der Waals surface area (Å²) >= 11 is 0. The lowest BCUT2D eigenvalue weighted by molar-refractivity contribution is -0.384. The third-order valence-corrected chi connectivity index (χ3v) is 3.99. The van der Waals surface area contributed by atoms with Gasteiger partial charge < -0.3 is 5.32 Å². The molecule has 0 unspecified atom stereocenters. The van der Waals surface area contributed by atoms with E-state index >= 15 is 0 Å². The summed E-state index contributed by atoms with van der Waals surface area (Å²) in [6.45, 7) is 0. The van der Waals surface area contributed by atoms with Crippen molar-refractivity contribution in [1.29, 1.82) is 0 Å². The molecule has 1 heterocycles. The van der Waals surface area contributed by atoms with E-state index < -0.39 is 14.9 Å². The second kappa shape index (κ2) is 5.75. The number of benzene rings is 1. The van der Waals surface area contributed by atoms with Crippen molar-refractivity contribution >= 4 is 27.2 Å². The molecule has 0 aliphatic heterocycles. The van der Waals surface area contributed by atoms with Crippen LogP contribution >= 0.6 is 0 Å². The minimum Gasteiger partial charge on any atom is -0.373 e. The Hall–Kier alpha value is -2.68. The quantitative estimate of drug-likeness (QED) is 0.643. The Morgan fingerprint density at radius 3 is 2.67 bits per heavy atom. The molecule has 0 aliphatic carbocycles. The Morgan fingerprint density at radius 1 is 1.24 bits per heavy atom. The molecule has 21 heavy (non-hydrogen) atoms. The number of hydrogen-bond acceptors (Lipinski definition) is 6. The third kappa shape index (κ3) is 3.45. The van der Waals surface area contributed by atoms with Crippen molar-refractivity contribution in [3.63, 3.8) is 0 Å². The van der Waals surface area contributed by atoms with Gasteiger partial charge in [-0.3, -0.25) is 14.8 Å². The van der Waals surface area contributed by atoms with E-state index in [-0.39, 0.29) is 16.3 Å². The first-order valence-electron chi connectivity index (χ1n) is 5.83. The van der Waals surface area contributed by atoms with Gasteiger partial charge in [0.2, 0.25) is 0 Å². The van der Waals surface area contributed by atoms with E-state index in [9.17, 15) is 18.5 Å². The smallest absolute Gasteiger partial charge is 0.271 e. The SMILES string of the molecule is CNc1cc(S(=O)(=O)Nc2cccc([N+](=O)[O-])c2)ccn1. The molecule has 2 aromatic rings. The molecule has 1 aromatic heterocycles. The van der Waals surface area contributed by atoms with Gasteiger partial charge >= 0.3 is 0 Å². The zero-order valence-electron chi connectivity index (χ0n) is 11.0. The van der Waals surface area contributed by atoms with Gasteiger partial charge in [0.25, 0.3) is 15.7 Å².